The predicted octanol–water partition coefficient (Wildman–Crippen LogP) is 2.26. The lowest BCUT2D eigenvalue weighted by atomic mass is 10.1. The Bertz CT molecular complexity index is 449. The van der Waals surface area contributed by atoms with Gasteiger partial charge >= 0.3 is 0 Å². The minimum atomic E-state index is -0.341. The Morgan fingerprint density at radius 1 is 1.35 bits per heavy atom. The molecule has 1 amide bonds. The molecule has 4 nitrogen and oxygen atoms in total. The highest BCUT2D eigenvalue weighted by Gasteiger charge is 2.16. The van der Waals surface area contributed by atoms with Gasteiger partial charge in [-0.3, -0.25) is 4.79 Å². The molecule has 0 aliphatic carbocycles. The number of rotatable bonds is 7. The molecule has 0 bridgehead atoms. The molecule has 0 radical (unpaired) electrons. The van der Waals surface area contributed by atoms with E-state index in [1.54, 1.807) is 19.1 Å². The Balaban J connectivity index is 2.59. The van der Waals surface area contributed by atoms with E-state index in [2.05, 4.69) is 10.6 Å². The van der Waals surface area contributed by atoms with Gasteiger partial charge in [0.2, 0.25) is 5.91 Å². The Hall–Kier alpha value is -1.62. The van der Waals surface area contributed by atoms with Crippen LogP contribution in [0, 0.1) is 11.7 Å². The molecule has 0 saturated heterocycles. The van der Waals surface area contributed by atoms with Gasteiger partial charge in [0, 0.05) is 18.2 Å². The van der Waals surface area contributed by atoms with Crippen LogP contribution in [0.4, 0.5) is 4.39 Å². The molecule has 1 rings (SSSR count). The lowest BCUT2D eigenvalue weighted by molar-refractivity contribution is -0.120. The van der Waals surface area contributed by atoms with Crippen LogP contribution < -0.4 is 15.4 Å². The van der Waals surface area contributed by atoms with Crippen LogP contribution in [0.3, 0.4) is 0 Å². The van der Waals surface area contributed by atoms with Gasteiger partial charge in [-0.05, 0) is 25.0 Å². The van der Waals surface area contributed by atoms with Crippen LogP contribution in [0.1, 0.15) is 32.4 Å². The molecule has 0 spiro atoms. The number of ether oxygens (including phenoxy) is 1. The van der Waals surface area contributed by atoms with E-state index in [9.17, 15) is 9.18 Å². The molecule has 20 heavy (non-hydrogen) atoms. The number of halogens is 1. The molecule has 1 aromatic carbocycles. The van der Waals surface area contributed by atoms with Gasteiger partial charge in [0.15, 0.2) is 0 Å². The fourth-order valence-corrected chi connectivity index (χ4v) is 1.84. The topological polar surface area (TPSA) is 50.4 Å². The number of hydrogen-bond donors (Lipinski definition) is 2. The molecule has 1 atom stereocenters. The monoisotopic (exact) mass is 282 g/mol. The second-order valence-electron chi connectivity index (χ2n) is 5.16. The van der Waals surface area contributed by atoms with Gasteiger partial charge in [-0.25, -0.2) is 4.39 Å². The summed E-state index contributed by atoms with van der Waals surface area (Å²) in [7, 11) is 1.50. The zero-order valence-electron chi connectivity index (χ0n) is 12.5. The van der Waals surface area contributed by atoms with Crippen LogP contribution >= 0.6 is 0 Å². The summed E-state index contributed by atoms with van der Waals surface area (Å²) in [6.07, 6.45) is 0. The van der Waals surface area contributed by atoms with E-state index >= 15 is 0 Å². The molecule has 112 valence electrons. The number of amides is 1. The maximum absolute atomic E-state index is 13.8. The summed E-state index contributed by atoms with van der Waals surface area (Å²) in [4.78, 5) is 11.6. The fourth-order valence-electron chi connectivity index (χ4n) is 1.84. The molecule has 0 aliphatic heterocycles. The highest BCUT2D eigenvalue weighted by molar-refractivity contribution is 5.78. The van der Waals surface area contributed by atoms with Crippen LogP contribution in [0.15, 0.2) is 18.2 Å². The van der Waals surface area contributed by atoms with Gasteiger partial charge < -0.3 is 15.4 Å². The maximum atomic E-state index is 13.8. The standard InChI is InChI=1S/C15H23FN2O2/c1-10(2)8-18-14(19)9-17-11(3)15-12(16)6-5-7-13(15)20-4/h5-7,10-11,17H,8-9H2,1-4H3,(H,18,19). The van der Waals surface area contributed by atoms with E-state index < -0.39 is 0 Å². The van der Waals surface area contributed by atoms with E-state index in [0.717, 1.165) is 0 Å². The van der Waals surface area contributed by atoms with Crippen molar-refractivity contribution in [2.45, 2.75) is 26.8 Å². The third-order valence-electron chi connectivity index (χ3n) is 2.94. The third-order valence-corrected chi connectivity index (χ3v) is 2.94. The van der Waals surface area contributed by atoms with Gasteiger partial charge in [0.1, 0.15) is 11.6 Å². The van der Waals surface area contributed by atoms with Crippen molar-refractivity contribution in [1.82, 2.24) is 10.6 Å². The van der Waals surface area contributed by atoms with Gasteiger partial charge in [-0.2, -0.15) is 0 Å². The molecule has 0 heterocycles. The first-order valence-corrected chi connectivity index (χ1v) is 6.78. The summed E-state index contributed by atoms with van der Waals surface area (Å²) in [5.41, 5.74) is 0.437. The van der Waals surface area contributed by atoms with Gasteiger partial charge in [0.05, 0.1) is 13.7 Å². The van der Waals surface area contributed by atoms with E-state index in [1.165, 1.54) is 13.2 Å². The summed E-state index contributed by atoms with van der Waals surface area (Å²) >= 11 is 0. The van der Waals surface area contributed by atoms with Crippen LogP contribution in [0.2, 0.25) is 0 Å². The Kier molecular flexibility index (Phi) is 6.45. The summed E-state index contributed by atoms with van der Waals surface area (Å²) in [6.45, 7) is 6.64. The highest BCUT2D eigenvalue weighted by Crippen LogP contribution is 2.27. The van der Waals surface area contributed by atoms with Crippen molar-refractivity contribution in [3.63, 3.8) is 0 Å². The van der Waals surface area contributed by atoms with Gasteiger partial charge in [0.25, 0.3) is 0 Å². The summed E-state index contributed by atoms with van der Waals surface area (Å²) < 4.78 is 19.0. The highest BCUT2D eigenvalue weighted by atomic mass is 19.1. The molecule has 0 aliphatic rings. The lowest BCUT2D eigenvalue weighted by Crippen LogP contribution is -2.36. The number of benzene rings is 1. The van der Waals surface area contributed by atoms with Gasteiger partial charge in [-0.1, -0.05) is 19.9 Å². The molecular formula is C15H23FN2O2. The number of hydrogen-bond acceptors (Lipinski definition) is 3. The normalized spacial score (nSPS) is 12.3. The van der Waals surface area contributed by atoms with Crippen molar-refractivity contribution >= 4 is 5.91 Å². The third kappa shape index (κ3) is 4.81. The van der Waals surface area contributed by atoms with Crippen molar-refractivity contribution in [3.05, 3.63) is 29.6 Å². The lowest BCUT2D eigenvalue weighted by Gasteiger charge is -2.18. The zero-order chi connectivity index (χ0) is 15.1. The Morgan fingerprint density at radius 3 is 2.65 bits per heavy atom. The quantitative estimate of drug-likeness (QED) is 0.806. The first-order chi connectivity index (χ1) is 9.45. The fraction of sp³-hybridized carbons (Fsp3) is 0.533. The van der Waals surface area contributed by atoms with E-state index in [0.29, 0.717) is 23.8 Å². The van der Waals surface area contributed by atoms with Crippen molar-refractivity contribution < 1.29 is 13.9 Å². The number of nitrogens with one attached hydrogen (secondary N) is 2. The zero-order valence-corrected chi connectivity index (χ0v) is 12.5. The van der Waals surface area contributed by atoms with Crippen molar-refractivity contribution in [2.75, 3.05) is 20.2 Å². The molecule has 1 aromatic rings. The second-order valence-corrected chi connectivity index (χ2v) is 5.16. The smallest absolute Gasteiger partial charge is 0.233 e. The minimum Gasteiger partial charge on any atom is -0.496 e. The molecule has 5 heteroatoms. The summed E-state index contributed by atoms with van der Waals surface area (Å²) in [5.74, 6) is 0.448. The largest absolute Gasteiger partial charge is 0.496 e. The molecule has 0 saturated carbocycles. The Labute approximate surface area is 119 Å². The van der Waals surface area contributed by atoms with Gasteiger partial charge in [-0.15, -0.1) is 0 Å². The van der Waals surface area contributed by atoms with Crippen molar-refractivity contribution in [2.24, 2.45) is 5.92 Å². The summed E-state index contributed by atoms with van der Waals surface area (Å²) in [6, 6.07) is 4.38. The van der Waals surface area contributed by atoms with E-state index in [1.807, 2.05) is 13.8 Å². The first-order valence-electron chi connectivity index (χ1n) is 6.78. The molecule has 1 unspecified atom stereocenters. The molecule has 0 fully saturated rings. The van der Waals surface area contributed by atoms with Crippen LogP contribution in [-0.4, -0.2) is 26.1 Å². The minimum absolute atomic E-state index is 0.0964. The second kappa shape index (κ2) is 7.85. The SMILES string of the molecule is COc1cccc(F)c1C(C)NCC(=O)NCC(C)C. The predicted molar refractivity (Wildman–Crippen MR) is 77.2 cm³/mol. The summed E-state index contributed by atoms with van der Waals surface area (Å²) in [5, 5.41) is 5.81. The molecule has 2 N–H and O–H groups in total. The van der Waals surface area contributed by atoms with Crippen LogP contribution in [-0.2, 0) is 4.79 Å². The van der Waals surface area contributed by atoms with Crippen LogP contribution in [0.25, 0.3) is 0 Å². The van der Waals surface area contributed by atoms with E-state index in [4.69, 9.17) is 4.74 Å². The first kappa shape index (κ1) is 16.4. The van der Waals surface area contributed by atoms with E-state index in [-0.39, 0.29) is 24.3 Å². The molecular weight excluding hydrogens is 259 g/mol. The number of methoxy groups -OCH3 is 1. The average Bonchev–Trinajstić information content (AvgIpc) is 2.42. The number of carbonyl (C=O) groups is 1. The van der Waals surface area contributed by atoms with Crippen molar-refractivity contribution in [3.8, 4) is 5.75 Å². The maximum Gasteiger partial charge on any atom is 0.233 e. The number of carbonyl (C=O) groups excluding carboxylic acids is 1. The Morgan fingerprint density at radius 2 is 2.05 bits per heavy atom. The van der Waals surface area contributed by atoms with Crippen molar-refractivity contribution in [1.29, 1.82) is 0 Å². The van der Waals surface area contributed by atoms with Crippen LogP contribution in [0.5, 0.6) is 5.75 Å². The average molecular weight is 282 g/mol. The molecule has 0 aromatic heterocycles.